The molecule has 1 nitrogen and oxygen atoms in total. The maximum atomic E-state index is 3.75. The smallest absolute Gasteiger partial charge is 0.0406 e. The van der Waals surface area contributed by atoms with Crippen LogP contribution in [-0.4, -0.2) is 6.54 Å². The average molecular weight is 243 g/mol. The van der Waals surface area contributed by atoms with Crippen LogP contribution in [0.5, 0.6) is 0 Å². The van der Waals surface area contributed by atoms with Gasteiger partial charge in [-0.05, 0) is 56.2 Å². The van der Waals surface area contributed by atoms with Crippen LogP contribution in [-0.2, 0) is 5.54 Å². The Morgan fingerprint density at radius 3 is 2.44 bits per heavy atom. The zero-order valence-electron chi connectivity index (χ0n) is 11.5. The molecule has 1 N–H and O–H groups in total. The topological polar surface area (TPSA) is 12.0 Å². The highest BCUT2D eigenvalue weighted by Gasteiger charge is 2.27. The van der Waals surface area contributed by atoms with Gasteiger partial charge < -0.3 is 5.32 Å². The van der Waals surface area contributed by atoms with Crippen molar-refractivity contribution in [1.82, 2.24) is 5.32 Å². The number of hydrogen-bond donors (Lipinski definition) is 1. The standard InChI is InChI=1S/C17H25N/c1-17(12-3-2-4-13-18-17)16-10-8-15(9-11-16)14-6-5-7-14/h8-11,14,18H,2-7,12-13H2,1H3. The van der Waals surface area contributed by atoms with Crippen molar-refractivity contribution in [3.05, 3.63) is 35.4 Å². The van der Waals surface area contributed by atoms with Gasteiger partial charge in [0, 0.05) is 5.54 Å². The molecule has 0 spiro atoms. The summed E-state index contributed by atoms with van der Waals surface area (Å²) < 4.78 is 0. The van der Waals surface area contributed by atoms with Crippen molar-refractivity contribution >= 4 is 0 Å². The van der Waals surface area contributed by atoms with Gasteiger partial charge in [-0.1, -0.05) is 43.5 Å². The molecule has 1 aromatic carbocycles. The van der Waals surface area contributed by atoms with Gasteiger partial charge in [0.1, 0.15) is 0 Å². The summed E-state index contributed by atoms with van der Waals surface area (Å²) in [6.07, 6.45) is 9.55. The molecule has 2 aliphatic rings. The van der Waals surface area contributed by atoms with Gasteiger partial charge in [-0.25, -0.2) is 0 Å². The van der Waals surface area contributed by atoms with Gasteiger partial charge >= 0.3 is 0 Å². The predicted octanol–water partition coefficient (Wildman–Crippen LogP) is 4.33. The van der Waals surface area contributed by atoms with E-state index >= 15 is 0 Å². The quantitative estimate of drug-likeness (QED) is 0.815. The van der Waals surface area contributed by atoms with E-state index in [9.17, 15) is 0 Å². The Bertz CT molecular complexity index is 381. The van der Waals surface area contributed by atoms with Gasteiger partial charge in [0.25, 0.3) is 0 Å². The molecular weight excluding hydrogens is 218 g/mol. The molecule has 1 aliphatic heterocycles. The molecule has 1 atom stereocenters. The molecule has 0 radical (unpaired) electrons. The van der Waals surface area contributed by atoms with E-state index in [1.807, 2.05) is 0 Å². The molecule has 1 aromatic rings. The number of benzene rings is 1. The molecule has 2 fully saturated rings. The summed E-state index contributed by atoms with van der Waals surface area (Å²) >= 11 is 0. The van der Waals surface area contributed by atoms with Gasteiger partial charge in [-0.2, -0.15) is 0 Å². The highest BCUT2D eigenvalue weighted by molar-refractivity contribution is 5.31. The Kier molecular flexibility index (Phi) is 3.43. The molecule has 1 saturated carbocycles. The van der Waals surface area contributed by atoms with Crippen molar-refractivity contribution in [3.8, 4) is 0 Å². The van der Waals surface area contributed by atoms with Crippen LogP contribution >= 0.6 is 0 Å². The van der Waals surface area contributed by atoms with Crippen LogP contribution in [0.25, 0.3) is 0 Å². The van der Waals surface area contributed by atoms with Crippen LogP contribution in [0.15, 0.2) is 24.3 Å². The second-order valence-corrected chi connectivity index (χ2v) is 6.32. The first kappa shape index (κ1) is 12.2. The lowest BCUT2D eigenvalue weighted by molar-refractivity contribution is 0.359. The van der Waals surface area contributed by atoms with Crippen molar-refractivity contribution in [2.75, 3.05) is 6.54 Å². The largest absolute Gasteiger partial charge is 0.308 e. The molecule has 98 valence electrons. The molecule has 18 heavy (non-hydrogen) atoms. The Morgan fingerprint density at radius 1 is 1.00 bits per heavy atom. The number of rotatable bonds is 2. The third-order valence-corrected chi connectivity index (χ3v) is 4.99. The van der Waals surface area contributed by atoms with E-state index in [-0.39, 0.29) is 5.54 Å². The minimum Gasteiger partial charge on any atom is -0.308 e. The zero-order chi connectivity index (χ0) is 12.4. The van der Waals surface area contributed by atoms with Crippen molar-refractivity contribution < 1.29 is 0 Å². The van der Waals surface area contributed by atoms with Crippen LogP contribution in [0.3, 0.4) is 0 Å². The Hall–Kier alpha value is -0.820. The van der Waals surface area contributed by atoms with E-state index in [4.69, 9.17) is 0 Å². The lowest BCUT2D eigenvalue weighted by Gasteiger charge is -2.31. The first-order chi connectivity index (χ1) is 8.78. The maximum Gasteiger partial charge on any atom is 0.0406 e. The van der Waals surface area contributed by atoms with E-state index in [0.717, 1.165) is 5.92 Å². The second kappa shape index (κ2) is 5.05. The van der Waals surface area contributed by atoms with Gasteiger partial charge in [-0.15, -0.1) is 0 Å². The van der Waals surface area contributed by atoms with E-state index in [1.165, 1.54) is 57.1 Å². The van der Waals surface area contributed by atoms with Crippen molar-refractivity contribution in [1.29, 1.82) is 0 Å². The summed E-state index contributed by atoms with van der Waals surface area (Å²) in [5, 5.41) is 3.75. The monoisotopic (exact) mass is 243 g/mol. The Labute approximate surface area is 111 Å². The van der Waals surface area contributed by atoms with E-state index < -0.39 is 0 Å². The Morgan fingerprint density at radius 2 is 1.78 bits per heavy atom. The van der Waals surface area contributed by atoms with Crippen LogP contribution in [0.4, 0.5) is 0 Å². The summed E-state index contributed by atoms with van der Waals surface area (Å²) in [6.45, 7) is 3.54. The highest BCUT2D eigenvalue weighted by atomic mass is 15.0. The molecular formula is C17H25N. The van der Waals surface area contributed by atoms with E-state index in [0.29, 0.717) is 0 Å². The summed E-state index contributed by atoms with van der Waals surface area (Å²) in [5.74, 6) is 0.856. The van der Waals surface area contributed by atoms with Crippen molar-refractivity contribution in [2.45, 2.75) is 63.3 Å². The van der Waals surface area contributed by atoms with E-state index in [2.05, 4.69) is 36.5 Å². The molecule has 1 aliphatic carbocycles. The summed E-state index contributed by atoms with van der Waals surface area (Å²) in [5.41, 5.74) is 3.24. The van der Waals surface area contributed by atoms with Gasteiger partial charge in [-0.3, -0.25) is 0 Å². The molecule has 1 saturated heterocycles. The lowest BCUT2D eigenvalue weighted by Crippen LogP contribution is -2.38. The first-order valence-electron chi connectivity index (χ1n) is 7.63. The van der Waals surface area contributed by atoms with E-state index in [1.54, 1.807) is 5.56 Å². The van der Waals surface area contributed by atoms with Crippen molar-refractivity contribution in [2.24, 2.45) is 0 Å². The number of nitrogens with one attached hydrogen (secondary N) is 1. The summed E-state index contributed by atoms with van der Waals surface area (Å²) in [6, 6.07) is 9.48. The minimum atomic E-state index is 0.203. The summed E-state index contributed by atoms with van der Waals surface area (Å²) in [4.78, 5) is 0. The van der Waals surface area contributed by atoms with Crippen LogP contribution in [0, 0.1) is 0 Å². The minimum absolute atomic E-state index is 0.203. The molecule has 0 bridgehead atoms. The lowest BCUT2D eigenvalue weighted by atomic mass is 9.79. The fraction of sp³-hybridized carbons (Fsp3) is 0.647. The zero-order valence-corrected chi connectivity index (χ0v) is 11.5. The number of hydrogen-bond acceptors (Lipinski definition) is 1. The fourth-order valence-electron chi connectivity index (χ4n) is 3.34. The molecule has 1 heteroatoms. The van der Waals surface area contributed by atoms with Gasteiger partial charge in [0.15, 0.2) is 0 Å². The maximum absolute atomic E-state index is 3.75. The van der Waals surface area contributed by atoms with Gasteiger partial charge in [0.05, 0.1) is 0 Å². The third-order valence-electron chi connectivity index (χ3n) is 4.99. The highest BCUT2D eigenvalue weighted by Crippen LogP contribution is 2.37. The fourth-order valence-corrected chi connectivity index (χ4v) is 3.34. The molecule has 1 unspecified atom stereocenters. The van der Waals surface area contributed by atoms with Crippen LogP contribution in [0.1, 0.15) is 68.9 Å². The van der Waals surface area contributed by atoms with Gasteiger partial charge in [0.2, 0.25) is 0 Å². The first-order valence-corrected chi connectivity index (χ1v) is 7.63. The second-order valence-electron chi connectivity index (χ2n) is 6.32. The normalized spacial score (nSPS) is 29.6. The molecule has 0 amide bonds. The average Bonchev–Trinajstić information content (AvgIpc) is 2.54. The molecule has 1 heterocycles. The molecule has 3 rings (SSSR count). The predicted molar refractivity (Wildman–Crippen MR) is 76.9 cm³/mol. The third kappa shape index (κ3) is 2.33. The van der Waals surface area contributed by atoms with Crippen LogP contribution in [0.2, 0.25) is 0 Å². The summed E-state index contributed by atoms with van der Waals surface area (Å²) in [7, 11) is 0. The molecule has 0 aromatic heterocycles. The Balaban J connectivity index is 1.77. The van der Waals surface area contributed by atoms with Crippen LogP contribution < -0.4 is 5.32 Å². The van der Waals surface area contributed by atoms with Crippen molar-refractivity contribution in [3.63, 3.8) is 0 Å². The SMILES string of the molecule is CC1(c2ccc(C3CCC3)cc2)CCCCCN1.